The number of rotatable bonds is 11. The fraction of sp³-hybridized carbons (Fsp3) is 0.440. The minimum Gasteiger partial charge on any atom is -0.497 e. The summed E-state index contributed by atoms with van der Waals surface area (Å²) in [5.41, 5.74) is 2.07. The Balaban J connectivity index is 2.17. The van der Waals surface area contributed by atoms with Gasteiger partial charge in [-0.05, 0) is 78.0 Å². The standard InChI is InChI=1S/C25H33BrN2O4/c1-6-17(3)27-25(30)18(4)28(15-20-8-11-21(31-5)12-9-20)24(29)16-32-23-13-10-19(7-2)14-22(23)26/h8-14,17-18H,6-7,15-16H2,1-5H3,(H,27,30)/t17-,18-/m1/s1. The van der Waals surface area contributed by atoms with Crippen molar-refractivity contribution in [1.82, 2.24) is 10.2 Å². The Morgan fingerprint density at radius 1 is 1.06 bits per heavy atom. The number of hydrogen-bond acceptors (Lipinski definition) is 4. The van der Waals surface area contributed by atoms with E-state index in [1.165, 1.54) is 5.56 Å². The number of methoxy groups -OCH3 is 1. The molecule has 0 spiro atoms. The fourth-order valence-corrected chi connectivity index (χ4v) is 3.62. The number of halogens is 1. The largest absolute Gasteiger partial charge is 0.497 e. The third-order valence-electron chi connectivity index (χ3n) is 5.44. The summed E-state index contributed by atoms with van der Waals surface area (Å²) in [6.07, 6.45) is 1.73. The number of nitrogens with zero attached hydrogens (tertiary/aromatic N) is 1. The van der Waals surface area contributed by atoms with Crippen molar-refractivity contribution in [2.75, 3.05) is 13.7 Å². The zero-order valence-corrected chi connectivity index (χ0v) is 21.1. The summed E-state index contributed by atoms with van der Waals surface area (Å²) in [6.45, 7) is 7.89. The number of carbonyl (C=O) groups excluding carboxylic acids is 2. The minimum atomic E-state index is -0.645. The number of ether oxygens (including phenoxy) is 2. The number of nitrogens with one attached hydrogen (secondary N) is 1. The van der Waals surface area contributed by atoms with Gasteiger partial charge in [0.05, 0.1) is 11.6 Å². The van der Waals surface area contributed by atoms with Crippen LogP contribution in [0.15, 0.2) is 46.9 Å². The summed E-state index contributed by atoms with van der Waals surface area (Å²) in [6, 6.07) is 12.6. The summed E-state index contributed by atoms with van der Waals surface area (Å²) >= 11 is 3.50. The maximum atomic E-state index is 13.2. The average Bonchev–Trinajstić information content (AvgIpc) is 2.81. The first-order chi connectivity index (χ1) is 15.3. The summed E-state index contributed by atoms with van der Waals surface area (Å²) in [5, 5.41) is 2.96. The van der Waals surface area contributed by atoms with Crippen LogP contribution >= 0.6 is 15.9 Å². The van der Waals surface area contributed by atoms with Gasteiger partial charge in [-0.2, -0.15) is 0 Å². The van der Waals surface area contributed by atoms with Crippen LogP contribution in [0.5, 0.6) is 11.5 Å². The summed E-state index contributed by atoms with van der Waals surface area (Å²) in [5.74, 6) is 0.878. The van der Waals surface area contributed by atoms with Crippen molar-refractivity contribution in [3.05, 3.63) is 58.1 Å². The highest BCUT2D eigenvalue weighted by molar-refractivity contribution is 9.10. The smallest absolute Gasteiger partial charge is 0.261 e. The van der Waals surface area contributed by atoms with Gasteiger partial charge in [0.25, 0.3) is 5.91 Å². The van der Waals surface area contributed by atoms with Gasteiger partial charge in [0.1, 0.15) is 17.5 Å². The molecule has 0 bridgehead atoms. The van der Waals surface area contributed by atoms with E-state index >= 15 is 0 Å². The van der Waals surface area contributed by atoms with Gasteiger partial charge < -0.3 is 19.7 Å². The monoisotopic (exact) mass is 504 g/mol. The van der Waals surface area contributed by atoms with E-state index in [1.54, 1.807) is 18.9 Å². The molecule has 0 aliphatic rings. The van der Waals surface area contributed by atoms with E-state index in [2.05, 4.69) is 28.2 Å². The van der Waals surface area contributed by atoms with Crippen LogP contribution in [-0.2, 0) is 22.6 Å². The number of aryl methyl sites for hydroxylation is 1. The molecule has 2 amide bonds. The lowest BCUT2D eigenvalue weighted by Crippen LogP contribution is -2.50. The third-order valence-corrected chi connectivity index (χ3v) is 6.06. The van der Waals surface area contributed by atoms with Gasteiger partial charge in [-0.15, -0.1) is 0 Å². The zero-order valence-electron chi connectivity index (χ0n) is 19.5. The second kappa shape index (κ2) is 12.5. The van der Waals surface area contributed by atoms with Crippen LogP contribution < -0.4 is 14.8 Å². The Bertz CT molecular complexity index is 901. The number of hydrogen-bond donors (Lipinski definition) is 1. The number of amides is 2. The van der Waals surface area contributed by atoms with Crippen LogP contribution in [0.25, 0.3) is 0 Å². The van der Waals surface area contributed by atoms with Crippen LogP contribution in [-0.4, -0.2) is 42.5 Å². The van der Waals surface area contributed by atoms with Crippen molar-refractivity contribution in [2.45, 2.75) is 59.2 Å². The van der Waals surface area contributed by atoms with Crippen molar-refractivity contribution in [1.29, 1.82) is 0 Å². The predicted molar refractivity (Wildman–Crippen MR) is 130 cm³/mol. The lowest BCUT2D eigenvalue weighted by molar-refractivity contribution is -0.142. The van der Waals surface area contributed by atoms with Crippen LogP contribution in [0.1, 0.15) is 45.2 Å². The first kappa shape index (κ1) is 25.7. The summed E-state index contributed by atoms with van der Waals surface area (Å²) < 4.78 is 11.8. The van der Waals surface area contributed by atoms with Gasteiger partial charge in [0.2, 0.25) is 5.91 Å². The van der Waals surface area contributed by atoms with Crippen LogP contribution in [0, 0.1) is 0 Å². The highest BCUT2D eigenvalue weighted by Crippen LogP contribution is 2.26. The zero-order chi connectivity index (χ0) is 23.7. The Morgan fingerprint density at radius 3 is 2.28 bits per heavy atom. The van der Waals surface area contributed by atoms with E-state index in [4.69, 9.17) is 9.47 Å². The molecule has 0 aliphatic carbocycles. The van der Waals surface area contributed by atoms with Crippen LogP contribution in [0.2, 0.25) is 0 Å². The predicted octanol–water partition coefficient (Wildman–Crippen LogP) is 4.73. The van der Waals surface area contributed by atoms with E-state index in [1.807, 2.05) is 56.3 Å². The normalized spacial score (nSPS) is 12.6. The second-order valence-electron chi connectivity index (χ2n) is 7.77. The molecule has 0 heterocycles. The van der Waals surface area contributed by atoms with Crippen molar-refractivity contribution in [3.8, 4) is 11.5 Å². The van der Waals surface area contributed by atoms with Crippen molar-refractivity contribution < 1.29 is 19.1 Å². The fourth-order valence-electron chi connectivity index (χ4n) is 3.08. The molecule has 2 aromatic rings. The maximum absolute atomic E-state index is 13.2. The lowest BCUT2D eigenvalue weighted by Gasteiger charge is -2.29. The second-order valence-corrected chi connectivity index (χ2v) is 8.62. The topological polar surface area (TPSA) is 67.9 Å². The van der Waals surface area contributed by atoms with E-state index in [0.717, 1.165) is 28.6 Å². The van der Waals surface area contributed by atoms with Crippen molar-refractivity contribution in [2.24, 2.45) is 0 Å². The molecule has 2 atom stereocenters. The third kappa shape index (κ3) is 7.26. The molecular weight excluding hydrogens is 472 g/mol. The van der Waals surface area contributed by atoms with E-state index in [-0.39, 0.29) is 31.0 Å². The van der Waals surface area contributed by atoms with Crippen LogP contribution in [0.4, 0.5) is 0 Å². The Hall–Kier alpha value is -2.54. The number of benzene rings is 2. The average molecular weight is 505 g/mol. The molecule has 0 saturated heterocycles. The summed E-state index contributed by atoms with van der Waals surface area (Å²) in [4.78, 5) is 27.5. The highest BCUT2D eigenvalue weighted by atomic mass is 79.9. The van der Waals surface area contributed by atoms with E-state index in [0.29, 0.717) is 5.75 Å². The minimum absolute atomic E-state index is 0.0344. The van der Waals surface area contributed by atoms with Crippen molar-refractivity contribution >= 4 is 27.7 Å². The van der Waals surface area contributed by atoms with Gasteiger partial charge in [0, 0.05) is 12.6 Å². The molecule has 1 N–H and O–H groups in total. The molecule has 0 aliphatic heterocycles. The van der Waals surface area contributed by atoms with Gasteiger partial charge >= 0.3 is 0 Å². The Morgan fingerprint density at radius 2 is 1.72 bits per heavy atom. The maximum Gasteiger partial charge on any atom is 0.261 e. The SMILES string of the molecule is CCc1ccc(OCC(=O)N(Cc2ccc(OC)cc2)[C@H](C)C(=O)N[C@H](C)CC)c(Br)c1. The molecule has 6 nitrogen and oxygen atoms in total. The molecule has 0 fully saturated rings. The molecule has 7 heteroatoms. The first-order valence-corrected chi connectivity index (χ1v) is 11.7. The molecule has 2 rings (SSSR count). The van der Waals surface area contributed by atoms with Gasteiger partial charge in [0.15, 0.2) is 6.61 Å². The van der Waals surface area contributed by atoms with E-state index < -0.39 is 6.04 Å². The molecule has 32 heavy (non-hydrogen) atoms. The van der Waals surface area contributed by atoms with Crippen molar-refractivity contribution in [3.63, 3.8) is 0 Å². The lowest BCUT2D eigenvalue weighted by atomic mass is 10.1. The van der Waals surface area contributed by atoms with Gasteiger partial charge in [-0.3, -0.25) is 9.59 Å². The summed E-state index contributed by atoms with van der Waals surface area (Å²) in [7, 11) is 1.61. The van der Waals surface area contributed by atoms with E-state index in [9.17, 15) is 9.59 Å². The Kier molecular flexibility index (Phi) is 10.0. The molecule has 0 unspecified atom stereocenters. The molecule has 0 saturated carbocycles. The Labute approximate surface area is 199 Å². The molecule has 174 valence electrons. The van der Waals surface area contributed by atoms with Crippen LogP contribution in [0.3, 0.4) is 0 Å². The number of carbonyl (C=O) groups is 2. The quantitative estimate of drug-likeness (QED) is 0.480. The highest BCUT2D eigenvalue weighted by Gasteiger charge is 2.27. The molecule has 2 aromatic carbocycles. The van der Waals surface area contributed by atoms with Gasteiger partial charge in [-0.1, -0.05) is 32.0 Å². The molecule has 0 aromatic heterocycles. The molecular formula is C25H33BrN2O4. The van der Waals surface area contributed by atoms with Gasteiger partial charge in [-0.25, -0.2) is 0 Å². The molecule has 0 radical (unpaired) electrons. The first-order valence-electron chi connectivity index (χ1n) is 10.9.